The van der Waals surface area contributed by atoms with E-state index < -0.39 is 0 Å². The van der Waals surface area contributed by atoms with Crippen LogP contribution >= 0.6 is 46.7 Å². The van der Waals surface area contributed by atoms with Crippen molar-refractivity contribution < 1.29 is 4.79 Å². The number of rotatable bonds is 8. The second-order valence-corrected chi connectivity index (χ2v) is 5.46. The molecule has 1 nitrogen and oxygen atoms in total. The molecule has 0 atom stereocenters. The van der Waals surface area contributed by atoms with Gasteiger partial charge in [-0.1, -0.05) is 0 Å². The number of thioether (sulfide) groups is 2. The van der Waals surface area contributed by atoms with Gasteiger partial charge < -0.3 is 0 Å². The number of hydrogen-bond acceptors (Lipinski definition) is 3. The number of halogens is 2. The molecule has 0 unspecified atom stereocenters. The molecular weight excluding hydrogens is 235 g/mol. The third-order valence-corrected chi connectivity index (χ3v) is 3.89. The van der Waals surface area contributed by atoms with Crippen molar-refractivity contribution in [3.63, 3.8) is 0 Å². The van der Waals surface area contributed by atoms with Gasteiger partial charge in [0.15, 0.2) is 0 Å². The molecule has 0 amide bonds. The maximum atomic E-state index is 10.3. The van der Waals surface area contributed by atoms with E-state index in [9.17, 15) is 4.79 Å². The van der Waals surface area contributed by atoms with Gasteiger partial charge in [-0.25, -0.2) is 0 Å². The minimum Gasteiger partial charge on any atom is -0.281 e. The van der Waals surface area contributed by atoms with Gasteiger partial charge in [-0.2, -0.15) is 23.5 Å². The molecule has 0 N–H and O–H groups in total. The zero-order chi connectivity index (χ0) is 9.23. The van der Waals surface area contributed by atoms with Gasteiger partial charge in [0.2, 0.25) is 5.24 Å². The second kappa shape index (κ2) is 10.0. The molecule has 0 aromatic carbocycles. The average Bonchev–Trinajstić information content (AvgIpc) is 2.02. The van der Waals surface area contributed by atoms with E-state index in [0.29, 0.717) is 6.42 Å². The molecule has 0 radical (unpaired) electrons. The van der Waals surface area contributed by atoms with Gasteiger partial charge in [0.25, 0.3) is 0 Å². The Kier molecular flexibility index (Phi) is 10.8. The lowest BCUT2D eigenvalue weighted by Gasteiger charge is -1.98. The highest BCUT2D eigenvalue weighted by Gasteiger charge is 1.95. The van der Waals surface area contributed by atoms with Crippen molar-refractivity contribution in [1.29, 1.82) is 0 Å². The van der Waals surface area contributed by atoms with Crippen LogP contribution in [-0.4, -0.2) is 27.7 Å². The van der Waals surface area contributed by atoms with Gasteiger partial charge in [-0.3, -0.25) is 4.79 Å². The van der Waals surface area contributed by atoms with Crippen LogP contribution in [0.2, 0.25) is 0 Å². The second-order valence-electron chi connectivity index (χ2n) is 2.08. The van der Waals surface area contributed by atoms with Crippen LogP contribution in [0.5, 0.6) is 0 Å². The van der Waals surface area contributed by atoms with Gasteiger partial charge in [0, 0.05) is 23.1 Å². The van der Waals surface area contributed by atoms with Crippen LogP contribution in [0, 0.1) is 0 Å². The first-order chi connectivity index (χ1) is 5.77. The fourth-order valence-corrected chi connectivity index (χ4v) is 3.08. The molecule has 0 saturated heterocycles. The summed E-state index contributed by atoms with van der Waals surface area (Å²) >= 11 is 14.3. The van der Waals surface area contributed by atoms with Crippen LogP contribution in [0.25, 0.3) is 0 Å². The molecule has 72 valence electrons. The zero-order valence-electron chi connectivity index (χ0n) is 6.72. The maximum absolute atomic E-state index is 10.3. The molecule has 0 aliphatic rings. The van der Waals surface area contributed by atoms with E-state index in [4.69, 9.17) is 23.2 Å². The fourth-order valence-electron chi connectivity index (χ4n) is 0.486. The predicted molar refractivity (Wildman–Crippen MR) is 60.6 cm³/mol. The number of hydrogen-bond donors (Lipinski definition) is 0. The molecule has 0 fully saturated rings. The molecule has 5 heteroatoms. The molecule has 0 spiro atoms. The van der Waals surface area contributed by atoms with Crippen molar-refractivity contribution >= 4 is 52.0 Å². The Morgan fingerprint density at radius 1 is 1.25 bits per heavy atom. The predicted octanol–water partition coefficient (Wildman–Crippen LogP) is 3.19. The Bertz CT molecular complexity index is 122. The molecule has 0 aromatic heterocycles. The maximum Gasteiger partial charge on any atom is 0.222 e. The lowest BCUT2D eigenvalue weighted by atomic mass is 10.6. The fraction of sp³-hybridized carbons (Fsp3) is 0.857. The normalized spacial score (nSPS) is 10.2. The van der Waals surface area contributed by atoms with Crippen LogP contribution < -0.4 is 0 Å². The quantitative estimate of drug-likeness (QED) is 0.284. The Balaban J connectivity index is 2.86. The van der Waals surface area contributed by atoms with Gasteiger partial charge in [-0.05, 0) is 23.8 Å². The van der Waals surface area contributed by atoms with E-state index in [2.05, 4.69) is 0 Å². The molecular formula is C7H12Cl2OS2. The highest BCUT2D eigenvalue weighted by Crippen LogP contribution is 2.14. The first-order valence-electron chi connectivity index (χ1n) is 3.67. The van der Waals surface area contributed by atoms with E-state index in [0.717, 1.165) is 28.9 Å². The Labute approximate surface area is 91.9 Å². The summed E-state index contributed by atoms with van der Waals surface area (Å²) in [6, 6.07) is 0. The summed E-state index contributed by atoms with van der Waals surface area (Å²) in [5.41, 5.74) is 0. The molecule has 12 heavy (non-hydrogen) atoms. The van der Waals surface area contributed by atoms with Gasteiger partial charge in [0.05, 0.1) is 0 Å². The molecule has 0 bridgehead atoms. The Morgan fingerprint density at radius 2 is 1.92 bits per heavy atom. The highest BCUT2D eigenvalue weighted by molar-refractivity contribution is 8.15. The first-order valence-corrected chi connectivity index (χ1v) is 6.89. The van der Waals surface area contributed by atoms with Gasteiger partial charge in [0.1, 0.15) is 0 Å². The first kappa shape index (κ1) is 12.9. The third-order valence-electron chi connectivity index (χ3n) is 1.03. The standard InChI is InChI=1S/C7H12Cl2OS2/c8-3-1-4-11-6-12-5-2-7(9)10/h1-6H2. The van der Waals surface area contributed by atoms with Crippen LogP contribution in [0.4, 0.5) is 0 Å². The minimum absolute atomic E-state index is 0.242. The largest absolute Gasteiger partial charge is 0.281 e. The van der Waals surface area contributed by atoms with Gasteiger partial charge in [-0.15, -0.1) is 11.6 Å². The lowest BCUT2D eigenvalue weighted by Crippen LogP contribution is -1.89. The van der Waals surface area contributed by atoms with Crippen LogP contribution in [-0.2, 0) is 4.79 Å². The van der Waals surface area contributed by atoms with E-state index in [1.54, 1.807) is 11.8 Å². The van der Waals surface area contributed by atoms with Crippen molar-refractivity contribution in [1.82, 2.24) is 0 Å². The summed E-state index contributed by atoms with van der Waals surface area (Å²) in [5.74, 6) is 2.67. The monoisotopic (exact) mass is 246 g/mol. The van der Waals surface area contributed by atoms with E-state index in [1.165, 1.54) is 0 Å². The molecule has 0 heterocycles. The SMILES string of the molecule is O=C(Cl)CCSCSCCCCl. The summed E-state index contributed by atoms with van der Waals surface area (Å²) < 4.78 is 0. The lowest BCUT2D eigenvalue weighted by molar-refractivity contribution is -0.111. The molecule has 0 rings (SSSR count). The Morgan fingerprint density at radius 3 is 2.50 bits per heavy atom. The van der Waals surface area contributed by atoms with E-state index in [1.807, 2.05) is 11.8 Å². The smallest absolute Gasteiger partial charge is 0.222 e. The summed E-state index contributed by atoms with van der Waals surface area (Å²) in [4.78, 5) is 10.3. The van der Waals surface area contributed by atoms with Crippen molar-refractivity contribution in [2.75, 3.05) is 22.5 Å². The molecule has 0 aliphatic heterocycles. The van der Waals surface area contributed by atoms with Crippen LogP contribution in [0.3, 0.4) is 0 Å². The summed E-state index contributed by atoms with van der Waals surface area (Å²) in [6.07, 6.45) is 1.53. The minimum atomic E-state index is -0.242. The zero-order valence-corrected chi connectivity index (χ0v) is 9.87. The summed E-state index contributed by atoms with van der Waals surface area (Å²) in [5, 5.41) is 0.786. The molecule has 0 saturated carbocycles. The number of alkyl halides is 1. The topological polar surface area (TPSA) is 17.1 Å². The average molecular weight is 247 g/mol. The van der Waals surface area contributed by atoms with Crippen molar-refractivity contribution in [3.05, 3.63) is 0 Å². The van der Waals surface area contributed by atoms with Crippen LogP contribution in [0.15, 0.2) is 0 Å². The van der Waals surface area contributed by atoms with Crippen molar-refractivity contribution in [2.45, 2.75) is 12.8 Å². The van der Waals surface area contributed by atoms with Crippen molar-refractivity contribution in [2.24, 2.45) is 0 Å². The number of carbonyl (C=O) groups is 1. The van der Waals surface area contributed by atoms with Crippen LogP contribution in [0.1, 0.15) is 12.8 Å². The van der Waals surface area contributed by atoms with E-state index >= 15 is 0 Å². The summed E-state index contributed by atoms with van der Waals surface area (Å²) in [6.45, 7) is 0. The molecule has 0 aliphatic carbocycles. The van der Waals surface area contributed by atoms with Crippen molar-refractivity contribution in [3.8, 4) is 0 Å². The van der Waals surface area contributed by atoms with E-state index in [-0.39, 0.29) is 5.24 Å². The third kappa shape index (κ3) is 11.0. The molecule has 0 aromatic rings. The van der Waals surface area contributed by atoms with Gasteiger partial charge >= 0.3 is 0 Å². The highest BCUT2D eigenvalue weighted by atomic mass is 35.5. The number of carbonyl (C=O) groups excluding carboxylic acids is 1. The Hall–Kier alpha value is 0.950. The summed E-state index contributed by atoms with van der Waals surface area (Å²) in [7, 11) is 0.